The predicted molar refractivity (Wildman–Crippen MR) is 59.5 cm³/mol. The fourth-order valence-corrected chi connectivity index (χ4v) is 2.09. The Morgan fingerprint density at radius 1 is 1.33 bits per heavy atom. The largest absolute Gasteiger partial charge is 0.302 e. The Balaban J connectivity index is 3.29. The molecule has 0 atom stereocenters. The van der Waals surface area contributed by atoms with E-state index in [0.29, 0.717) is 5.56 Å². The number of hydrogen-bond acceptors (Lipinski definition) is 2. The second-order valence-electron chi connectivity index (χ2n) is 3.41. The van der Waals surface area contributed by atoms with Crippen LogP contribution in [-0.2, 0) is 9.63 Å². The molecule has 15 heavy (non-hydrogen) atoms. The Morgan fingerprint density at radius 2 is 1.87 bits per heavy atom. The smallest absolute Gasteiger partial charge is 0.273 e. The van der Waals surface area contributed by atoms with E-state index in [0.717, 1.165) is 0 Å². The molecule has 0 aromatic heterocycles. The standard InChI is InChI=1S/C10H14O4S/c1-3-15(12,13,14)10(11)9-7-5-4-6-8(9)2/h4-7H,3H2,1-2H3,(H2,12,13,14). The van der Waals surface area contributed by atoms with E-state index < -0.39 is 20.5 Å². The zero-order valence-electron chi connectivity index (χ0n) is 8.64. The fourth-order valence-electron chi connectivity index (χ4n) is 1.15. The van der Waals surface area contributed by atoms with Crippen LogP contribution in [0.25, 0.3) is 0 Å². The van der Waals surface area contributed by atoms with Gasteiger partial charge in [-0.2, -0.15) is 0 Å². The fraction of sp³-hybridized carbons (Fsp3) is 0.300. The van der Waals surface area contributed by atoms with Crippen molar-refractivity contribution >= 4 is 14.7 Å². The van der Waals surface area contributed by atoms with Crippen LogP contribution in [0.3, 0.4) is 0 Å². The van der Waals surface area contributed by atoms with Gasteiger partial charge < -0.3 is 9.11 Å². The Bertz CT molecular complexity index is 458. The molecule has 0 heterocycles. The minimum atomic E-state index is -5.16. The highest BCUT2D eigenvalue weighted by atomic mass is 32.3. The molecule has 84 valence electrons. The van der Waals surface area contributed by atoms with Gasteiger partial charge in [-0.3, -0.25) is 4.79 Å². The first-order valence-corrected chi connectivity index (χ1v) is 6.56. The molecular weight excluding hydrogens is 216 g/mol. The number of hydrogen-bond donors (Lipinski definition) is 2. The van der Waals surface area contributed by atoms with Gasteiger partial charge in [0, 0.05) is 5.56 Å². The molecule has 1 rings (SSSR count). The molecular formula is C10H14O4S. The van der Waals surface area contributed by atoms with Crippen molar-refractivity contribution in [2.24, 2.45) is 0 Å². The van der Waals surface area contributed by atoms with Gasteiger partial charge in [-0.05, 0) is 12.5 Å². The first kappa shape index (κ1) is 12.0. The number of benzene rings is 1. The molecule has 0 fully saturated rings. The van der Waals surface area contributed by atoms with Crippen LogP contribution in [0.15, 0.2) is 24.3 Å². The van der Waals surface area contributed by atoms with Crippen LogP contribution >= 0.6 is 0 Å². The number of rotatable bonds is 2. The Labute approximate surface area is 88.4 Å². The summed E-state index contributed by atoms with van der Waals surface area (Å²) in [4.78, 5) is 11.7. The highest BCUT2D eigenvalue weighted by Crippen LogP contribution is 2.24. The average Bonchev–Trinajstić information content (AvgIpc) is 2.17. The van der Waals surface area contributed by atoms with Crippen LogP contribution in [-0.4, -0.2) is 24.2 Å². The van der Waals surface area contributed by atoms with Crippen molar-refractivity contribution in [3.8, 4) is 0 Å². The van der Waals surface area contributed by atoms with Crippen molar-refractivity contribution in [2.75, 3.05) is 5.75 Å². The van der Waals surface area contributed by atoms with Crippen LogP contribution in [0.5, 0.6) is 0 Å². The van der Waals surface area contributed by atoms with E-state index in [9.17, 15) is 18.1 Å². The summed E-state index contributed by atoms with van der Waals surface area (Å²) in [7, 11) is -5.16. The van der Waals surface area contributed by atoms with Gasteiger partial charge in [-0.15, -0.1) is 0 Å². The average molecular weight is 230 g/mol. The zero-order valence-corrected chi connectivity index (χ0v) is 9.45. The van der Waals surface area contributed by atoms with Gasteiger partial charge >= 0.3 is 0 Å². The van der Waals surface area contributed by atoms with E-state index in [2.05, 4.69) is 0 Å². The molecule has 1 aromatic carbocycles. The Morgan fingerprint density at radius 3 is 2.33 bits per heavy atom. The molecule has 2 N–H and O–H groups in total. The third-order valence-corrected chi connectivity index (χ3v) is 4.26. The highest BCUT2D eigenvalue weighted by Gasteiger charge is 2.38. The lowest BCUT2D eigenvalue weighted by atomic mass is 10.1. The summed E-state index contributed by atoms with van der Waals surface area (Å²) in [5.74, 6) is -0.496. The first-order valence-electron chi connectivity index (χ1n) is 4.51. The Kier molecular flexibility index (Phi) is 2.82. The summed E-state index contributed by atoms with van der Waals surface area (Å²) in [6.45, 7) is 2.94. The van der Waals surface area contributed by atoms with E-state index in [4.69, 9.17) is 0 Å². The topological polar surface area (TPSA) is 74.6 Å². The van der Waals surface area contributed by atoms with Gasteiger partial charge in [0.1, 0.15) is 9.63 Å². The summed E-state index contributed by atoms with van der Waals surface area (Å²) >= 11 is 0. The lowest BCUT2D eigenvalue weighted by Gasteiger charge is -2.27. The van der Waals surface area contributed by atoms with E-state index in [1.165, 1.54) is 13.0 Å². The zero-order chi connectivity index (χ0) is 11.7. The minimum absolute atomic E-state index is 0.0846. The van der Waals surface area contributed by atoms with E-state index in [1.807, 2.05) is 0 Å². The van der Waals surface area contributed by atoms with Gasteiger partial charge in [-0.1, -0.05) is 31.2 Å². The summed E-state index contributed by atoms with van der Waals surface area (Å²) in [5.41, 5.74) is 0.652. The molecule has 0 aliphatic rings. The summed E-state index contributed by atoms with van der Waals surface area (Å²) in [6, 6.07) is 6.36. The number of carbonyl (C=O) groups excluding carboxylic acids is 1. The SMILES string of the molecule is CCS(=O)(O)(O)C(=O)c1ccccc1C. The molecule has 0 aliphatic carbocycles. The molecule has 5 heteroatoms. The van der Waals surface area contributed by atoms with Crippen LogP contribution < -0.4 is 0 Å². The van der Waals surface area contributed by atoms with Crippen molar-refractivity contribution in [2.45, 2.75) is 13.8 Å². The number of carbonyl (C=O) groups is 1. The van der Waals surface area contributed by atoms with Crippen molar-refractivity contribution in [3.05, 3.63) is 35.4 Å². The lowest BCUT2D eigenvalue weighted by molar-refractivity contribution is 0.104. The van der Waals surface area contributed by atoms with Gasteiger partial charge in [-0.25, -0.2) is 4.21 Å². The molecule has 0 saturated heterocycles. The summed E-state index contributed by atoms with van der Waals surface area (Å²) < 4.78 is 30.4. The lowest BCUT2D eigenvalue weighted by Crippen LogP contribution is -2.42. The summed E-state index contributed by atoms with van der Waals surface area (Å²) in [5, 5.41) is -1.10. The third-order valence-electron chi connectivity index (χ3n) is 2.26. The van der Waals surface area contributed by atoms with E-state index in [-0.39, 0.29) is 5.56 Å². The molecule has 0 amide bonds. The molecule has 0 aliphatic heterocycles. The highest BCUT2D eigenvalue weighted by molar-refractivity contribution is 8.23. The molecule has 0 saturated carbocycles. The van der Waals surface area contributed by atoms with Crippen molar-refractivity contribution < 1.29 is 18.1 Å². The molecule has 4 nitrogen and oxygen atoms in total. The molecule has 0 spiro atoms. The van der Waals surface area contributed by atoms with Crippen LogP contribution in [0.1, 0.15) is 22.8 Å². The molecule has 1 aromatic rings. The third kappa shape index (κ3) is 2.31. The van der Waals surface area contributed by atoms with Crippen molar-refractivity contribution in [3.63, 3.8) is 0 Å². The van der Waals surface area contributed by atoms with Gasteiger partial charge in [0.25, 0.3) is 5.12 Å². The summed E-state index contributed by atoms with van der Waals surface area (Å²) in [6.07, 6.45) is 0. The van der Waals surface area contributed by atoms with E-state index >= 15 is 0 Å². The molecule has 0 bridgehead atoms. The van der Waals surface area contributed by atoms with Gasteiger partial charge in [0.15, 0.2) is 0 Å². The van der Waals surface area contributed by atoms with Crippen LogP contribution in [0, 0.1) is 6.92 Å². The van der Waals surface area contributed by atoms with E-state index in [1.54, 1.807) is 25.1 Å². The van der Waals surface area contributed by atoms with Gasteiger partial charge in [0.2, 0.25) is 0 Å². The Hall–Kier alpha value is -1.04. The van der Waals surface area contributed by atoms with Crippen LogP contribution in [0.2, 0.25) is 0 Å². The maximum atomic E-state index is 11.7. The predicted octanol–water partition coefficient (Wildman–Crippen LogP) is 1.92. The minimum Gasteiger partial charge on any atom is -0.302 e. The quantitative estimate of drug-likeness (QED) is 0.814. The number of aryl methyl sites for hydroxylation is 1. The molecule has 0 unspecified atom stereocenters. The monoisotopic (exact) mass is 230 g/mol. The second kappa shape index (κ2) is 3.52. The maximum Gasteiger partial charge on any atom is 0.273 e. The first-order chi connectivity index (χ1) is 6.76. The van der Waals surface area contributed by atoms with Crippen molar-refractivity contribution in [1.29, 1.82) is 0 Å². The maximum absolute atomic E-state index is 11.7. The molecule has 0 radical (unpaired) electrons. The van der Waals surface area contributed by atoms with Crippen molar-refractivity contribution in [1.82, 2.24) is 0 Å². The second-order valence-corrected chi connectivity index (χ2v) is 6.39. The van der Waals surface area contributed by atoms with Crippen LogP contribution in [0.4, 0.5) is 0 Å². The normalized spacial score (nSPS) is 14.3. The van der Waals surface area contributed by atoms with Gasteiger partial charge in [0.05, 0.1) is 5.75 Å².